The van der Waals surface area contributed by atoms with Gasteiger partial charge in [0, 0.05) is 24.1 Å². The molecule has 0 saturated heterocycles. The van der Waals surface area contributed by atoms with Gasteiger partial charge in [-0.2, -0.15) is 0 Å². The summed E-state index contributed by atoms with van der Waals surface area (Å²) < 4.78 is 0. The molecule has 0 amide bonds. The van der Waals surface area contributed by atoms with Crippen LogP contribution in [0.1, 0.15) is 22.9 Å². The van der Waals surface area contributed by atoms with Crippen LogP contribution in [-0.4, -0.2) is 23.7 Å². The summed E-state index contributed by atoms with van der Waals surface area (Å²) in [5, 5.41) is 11.3. The Morgan fingerprint density at radius 3 is 2.56 bits per heavy atom. The molecule has 1 heterocycles. The fourth-order valence-corrected chi connectivity index (χ4v) is 3.09. The Morgan fingerprint density at radius 2 is 1.94 bits per heavy atom. The number of aliphatic hydroxyl groups excluding tert-OH is 1. The normalized spacial score (nSPS) is 12.8. The van der Waals surface area contributed by atoms with E-state index in [4.69, 9.17) is 0 Å². The van der Waals surface area contributed by atoms with Gasteiger partial charge in [-0.25, -0.2) is 0 Å². The molecule has 1 atom stereocenters. The van der Waals surface area contributed by atoms with Crippen LogP contribution in [0.25, 0.3) is 0 Å². The number of hydrogen-bond acceptors (Lipinski definition) is 3. The third-order valence-corrected chi connectivity index (χ3v) is 4.05. The lowest BCUT2D eigenvalue weighted by Crippen LogP contribution is -2.24. The first-order valence-electron chi connectivity index (χ1n) is 6.19. The van der Waals surface area contributed by atoms with Gasteiger partial charge in [-0.3, -0.25) is 4.90 Å². The molecule has 1 N–H and O–H groups in total. The molecule has 0 aliphatic carbocycles. The molecule has 18 heavy (non-hydrogen) atoms. The first-order valence-corrected chi connectivity index (χ1v) is 7.07. The Hall–Kier alpha value is -1.16. The van der Waals surface area contributed by atoms with Crippen molar-refractivity contribution in [3.8, 4) is 0 Å². The van der Waals surface area contributed by atoms with Crippen LogP contribution in [-0.2, 0) is 6.54 Å². The average Bonchev–Trinajstić information content (AvgIpc) is 2.90. The van der Waals surface area contributed by atoms with Gasteiger partial charge in [-0.15, -0.1) is 11.3 Å². The lowest BCUT2D eigenvalue weighted by molar-refractivity contribution is 0.182. The summed E-state index contributed by atoms with van der Waals surface area (Å²) >= 11 is 1.76. The predicted octanol–water partition coefficient (Wildman–Crippen LogP) is 3.30. The molecule has 0 aliphatic rings. The highest BCUT2D eigenvalue weighted by molar-refractivity contribution is 7.10. The molecule has 3 heteroatoms. The zero-order valence-electron chi connectivity index (χ0n) is 10.6. The van der Waals surface area contributed by atoms with Crippen LogP contribution in [0.2, 0.25) is 0 Å². The number of thiophene rings is 1. The van der Waals surface area contributed by atoms with Crippen molar-refractivity contribution < 1.29 is 5.11 Å². The highest BCUT2D eigenvalue weighted by Crippen LogP contribution is 2.28. The molecule has 0 saturated carbocycles. The monoisotopic (exact) mass is 261 g/mol. The van der Waals surface area contributed by atoms with Gasteiger partial charge in [0.25, 0.3) is 0 Å². The molecule has 1 aromatic carbocycles. The number of nitrogens with zero attached hydrogens (tertiary/aromatic N) is 1. The van der Waals surface area contributed by atoms with E-state index in [9.17, 15) is 5.11 Å². The van der Waals surface area contributed by atoms with E-state index >= 15 is 0 Å². The van der Waals surface area contributed by atoms with Gasteiger partial charge in [0.2, 0.25) is 0 Å². The van der Waals surface area contributed by atoms with Crippen LogP contribution in [0, 0.1) is 0 Å². The fourth-order valence-electron chi connectivity index (χ4n) is 2.16. The molecule has 0 bridgehead atoms. The largest absolute Gasteiger partial charge is 0.396 e. The molecule has 2 aromatic rings. The maximum atomic E-state index is 9.23. The maximum absolute atomic E-state index is 9.23. The van der Waals surface area contributed by atoms with Crippen LogP contribution in [0.4, 0.5) is 0 Å². The number of rotatable bonds is 6. The molecular weight excluding hydrogens is 242 g/mol. The topological polar surface area (TPSA) is 23.5 Å². The van der Waals surface area contributed by atoms with Gasteiger partial charge < -0.3 is 5.11 Å². The van der Waals surface area contributed by atoms with Gasteiger partial charge in [0.05, 0.1) is 0 Å². The van der Waals surface area contributed by atoms with E-state index in [2.05, 4.69) is 53.7 Å². The molecule has 0 radical (unpaired) electrons. The third kappa shape index (κ3) is 3.42. The van der Waals surface area contributed by atoms with E-state index < -0.39 is 0 Å². The molecule has 2 nitrogen and oxygen atoms in total. The summed E-state index contributed by atoms with van der Waals surface area (Å²) in [5.74, 6) is 0. The summed E-state index contributed by atoms with van der Waals surface area (Å²) in [7, 11) is 2.12. The standard InChI is InChI=1S/C15H19NOS/c1-16(12-13-6-3-2-4-7-13)14(9-10-17)15-8-5-11-18-15/h2-8,11,14,17H,9-10,12H2,1H3/t14-/m0/s1. The van der Waals surface area contributed by atoms with Crippen molar-refractivity contribution in [2.45, 2.75) is 19.0 Å². The van der Waals surface area contributed by atoms with Crippen molar-refractivity contribution in [3.63, 3.8) is 0 Å². The summed E-state index contributed by atoms with van der Waals surface area (Å²) in [6.45, 7) is 1.13. The number of aliphatic hydroxyl groups is 1. The summed E-state index contributed by atoms with van der Waals surface area (Å²) in [5.41, 5.74) is 1.31. The van der Waals surface area contributed by atoms with E-state index in [1.807, 2.05) is 6.07 Å². The second-order valence-electron chi connectivity index (χ2n) is 4.44. The van der Waals surface area contributed by atoms with Gasteiger partial charge >= 0.3 is 0 Å². The summed E-state index contributed by atoms with van der Waals surface area (Å²) in [6, 6.07) is 15.0. The predicted molar refractivity (Wildman–Crippen MR) is 76.7 cm³/mol. The van der Waals surface area contributed by atoms with Gasteiger partial charge in [0.15, 0.2) is 0 Å². The first-order chi connectivity index (χ1) is 8.81. The molecule has 0 fully saturated rings. The zero-order valence-corrected chi connectivity index (χ0v) is 11.4. The Balaban J connectivity index is 2.07. The Bertz CT molecular complexity index is 441. The van der Waals surface area contributed by atoms with Crippen molar-refractivity contribution >= 4 is 11.3 Å². The van der Waals surface area contributed by atoms with E-state index in [0.29, 0.717) is 6.04 Å². The Kier molecular flexibility index (Phi) is 4.93. The fraction of sp³-hybridized carbons (Fsp3) is 0.333. The SMILES string of the molecule is CN(Cc1ccccc1)[C@@H](CCO)c1cccs1. The van der Waals surface area contributed by atoms with Gasteiger partial charge in [-0.05, 0) is 30.5 Å². The quantitative estimate of drug-likeness (QED) is 0.862. The molecule has 1 aromatic heterocycles. The van der Waals surface area contributed by atoms with Crippen LogP contribution in [0.5, 0.6) is 0 Å². The molecule has 0 unspecified atom stereocenters. The van der Waals surface area contributed by atoms with Crippen LogP contribution in [0.3, 0.4) is 0 Å². The van der Waals surface area contributed by atoms with E-state index in [1.165, 1.54) is 10.4 Å². The van der Waals surface area contributed by atoms with E-state index in [-0.39, 0.29) is 6.61 Å². The molecule has 96 valence electrons. The van der Waals surface area contributed by atoms with Crippen molar-refractivity contribution in [2.24, 2.45) is 0 Å². The van der Waals surface area contributed by atoms with E-state index in [0.717, 1.165) is 13.0 Å². The minimum atomic E-state index is 0.224. The minimum Gasteiger partial charge on any atom is -0.396 e. The summed E-state index contributed by atoms with van der Waals surface area (Å²) in [4.78, 5) is 3.62. The lowest BCUT2D eigenvalue weighted by atomic mass is 10.1. The van der Waals surface area contributed by atoms with Crippen molar-refractivity contribution in [2.75, 3.05) is 13.7 Å². The first kappa shape index (κ1) is 13.3. The van der Waals surface area contributed by atoms with Crippen LogP contribution >= 0.6 is 11.3 Å². The van der Waals surface area contributed by atoms with Crippen LogP contribution in [0.15, 0.2) is 47.8 Å². The minimum absolute atomic E-state index is 0.224. The van der Waals surface area contributed by atoms with Crippen molar-refractivity contribution in [1.82, 2.24) is 4.90 Å². The zero-order chi connectivity index (χ0) is 12.8. The molecule has 2 rings (SSSR count). The van der Waals surface area contributed by atoms with E-state index in [1.54, 1.807) is 11.3 Å². The van der Waals surface area contributed by atoms with Crippen LogP contribution < -0.4 is 0 Å². The van der Waals surface area contributed by atoms with Crippen molar-refractivity contribution in [1.29, 1.82) is 0 Å². The molecule has 0 aliphatic heterocycles. The third-order valence-electron chi connectivity index (χ3n) is 3.08. The average molecular weight is 261 g/mol. The number of benzene rings is 1. The smallest absolute Gasteiger partial charge is 0.0463 e. The van der Waals surface area contributed by atoms with Crippen molar-refractivity contribution in [3.05, 3.63) is 58.3 Å². The van der Waals surface area contributed by atoms with Gasteiger partial charge in [0.1, 0.15) is 0 Å². The highest BCUT2D eigenvalue weighted by Gasteiger charge is 2.17. The second kappa shape index (κ2) is 6.69. The summed E-state index contributed by atoms with van der Waals surface area (Å²) in [6.07, 6.45) is 0.782. The molecule has 0 spiro atoms. The Labute approximate surface area is 113 Å². The molecular formula is C15H19NOS. The number of hydrogen-bond donors (Lipinski definition) is 1. The lowest BCUT2D eigenvalue weighted by Gasteiger charge is -2.26. The van der Waals surface area contributed by atoms with Gasteiger partial charge in [-0.1, -0.05) is 36.4 Å². The second-order valence-corrected chi connectivity index (χ2v) is 5.42. The highest BCUT2D eigenvalue weighted by atomic mass is 32.1. The maximum Gasteiger partial charge on any atom is 0.0463 e. The Morgan fingerprint density at radius 1 is 1.17 bits per heavy atom.